The summed E-state index contributed by atoms with van der Waals surface area (Å²) in [6.07, 6.45) is 2.43. The van der Waals surface area contributed by atoms with Crippen molar-refractivity contribution in [1.29, 1.82) is 0 Å². The summed E-state index contributed by atoms with van der Waals surface area (Å²) >= 11 is 0. The van der Waals surface area contributed by atoms with Crippen LogP contribution in [0.1, 0.15) is 43.4 Å². The van der Waals surface area contributed by atoms with Crippen LogP contribution in [0.5, 0.6) is 0 Å². The average molecular weight is 237 g/mol. The summed E-state index contributed by atoms with van der Waals surface area (Å²) < 4.78 is 13.4. The zero-order valence-corrected chi connectivity index (χ0v) is 11.4. The van der Waals surface area contributed by atoms with Crippen molar-refractivity contribution < 1.29 is 4.39 Å². The van der Waals surface area contributed by atoms with Crippen molar-refractivity contribution in [2.45, 2.75) is 47.1 Å². The molecule has 2 heteroatoms. The highest BCUT2D eigenvalue weighted by Crippen LogP contribution is 2.14. The summed E-state index contributed by atoms with van der Waals surface area (Å²) in [4.78, 5) is 0. The van der Waals surface area contributed by atoms with Gasteiger partial charge in [-0.05, 0) is 43.0 Å². The quantitative estimate of drug-likeness (QED) is 0.789. The summed E-state index contributed by atoms with van der Waals surface area (Å²) in [5, 5.41) is 3.46. The van der Waals surface area contributed by atoms with E-state index >= 15 is 0 Å². The van der Waals surface area contributed by atoms with E-state index in [9.17, 15) is 4.39 Å². The average Bonchev–Trinajstić information content (AvgIpc) is 2.31. The van der Waals surface area contributed by atoms with E-state index in [1.54, 1.807) is 0 Å². The minimum atomic E-state index is -0.0752. The van der Waals surface area contributed by atoms with Crippen LogP contribution < -0.4 is 5.32 Å². The van der Waals surface area contributed by atoms with E-state index < -0.39 is 0 Å². The number of nitrogens with one attached hydrogen (secondary N) is 1. The predicted molar refractivity (Wildman–Crippen MR) is 71.7 cm³/mol. The maximum Gasteiger partial charge on any atom is 0.129 e. The number of rotatable bonds is 6. The first-order chi connectivity index (χ1) is 8.08. The highest BCUT2D eigenvalue weighted by Gasteiger charge is 2.05. The standard InChI is InChI=1S/C15H24FN/c1-5-13(6-2)9-17-10-14-7-11(3)15(16)12(4)8-14/h7-8,13,17H,5-6,9-10H2,1-4H3. The molecule has 1 nitrogen and oxygen atoms in total. The van der Waals surface area contributed by atoms with E-state index in [-0.39, 0.29) is 5.82 Å². The molecule has 1 aromatic rings. The van der Waals surface area contributed by atoms with Gasteiger partial charge in [0.05, 0.1) is 0 Å². The minimum absolute atomic E-state index is 0.0752. The highest BCUT2D eigenvalue weighted by atomic mass is 19.1. The molecule has 0 heterocycles. The van der Waals surface area contributed by atoms with Gasteiger partial charge in [-0.3, -0.25) is 0 Å². The number of halogens is 1. The molecule has 0 aliphatic carbocycles. The van der Waals surface area contributed by atoms with Gasteiger partial charge in [-0.15, -0.1) is 0 Å². The van der Waals surface area contributed by atoms with Crippen LogP contribution in [0.25, 0.3) is 0 Å². The van der Waals surface area contributed by atoms with Crippen LogP contribution in [0.3, 0.4) is 0 Å². The first-order valence-electron chi connectivity index (χ1n) is 6.54. The Morgan fingerprint density at radius 1 is 1.12 bits per heavy atom. The van der Waals surface area contributed by atoms with Gasteiger partial charge in [0, 0.05) is 6.54 Å². The maximum absolute atomic E-state index is 13.4. The largest absolute Gasteiger partial charge is 0.312 e. The molecule has 1 rings (SSSR count). The smallest absolute Gasteiger partial charge is 0.129 e. The first kappa shape index (κ1) is 14.2. The van der Waals surface area contributed by atoms with Crippen LogP contribution in [-0.4, -0.2) is 6.54 Å². The SMILES string of the molecule is CCC(CC)CNCc1cc(C)c(F)c(C)c1. The van der Waals surface area contributed by atoms with Crippen LogP contribution in [0, 0.1) is 25.6 Å². The zero-order valence-electron chi connectivity index (χ0n) is 11.4. The molecule has 0 spiro atoms. The van der Waals surface area contributed by atoms with Gasteiger partial charge in [0.2, 0.25) is 0 Å². The van der Waals surface area contributed by atoms with Gasteiger partial charge in [-0.1, -0.05) is 38.8 Å². The van der Waals surface area contributed by atoms with Gasteiger partial charge in [0.15, 0.2) is 0 Å². The van der Waals surface area contributed by atoms with E-state index in [2.05, 4.69) is 19.2 Å². The molecule has 96 valence electrons. The fourth-order valence-electron chi connectivity index (χ4n) is 2.14. The Morgan fingerprint density at radius 3 is 2.12 bits per heavy atom. The van der Waals surface area contributed by atoms with E-state index in [1.165, 1.54) is 18.4 Å². The van der Waals surface area contributed by atoms with Crippen LogP contribution in [0.2, 0.25) is 0 Å². The van der Waals surface area contributed by atoms with Crippen molar-refractivity contribution in [3.05, 3.63) is 34.6 Å². The van der Waals surface area contributed by atoms with Crippen molar-refractivity contribution >= 4 is 0 Å². The molecule has 0 unspecified atom stereocenters. The number of hydrogen-bond donors (Lipinski definition) is 1. The predicted octanol–water partition coefficient (Wildman–Crippen LogP) is 3.97. The molecule has 0 amide bonds. The Balaban J connectivity index is 2.52. The van der Waals surface area contributed by atoms with Crippen molar-refractivity contribution in [2.24, 2.45) is 5.92 Å². The third-order valence-corrected chi connectivity index (χ3v) is 3.41. The van der Waals surface area contributed by atoms with E-state index in [1.807, 2.05) is 26.0 Å². The Kier molecular flexibility index (Phi) is 5.63. The molecule has 1 aromatic carbocycles. The molecule has 0 saturated heterocycles. The van der Waals surface area contributed by atoms with E-state index in [4.69, 9.17) is 0 Å². The van der Waals surface area contributed by atoms with Gasteiger partial charge >= 0.3 is 0 Å². The zero-order chi connectivity index (χ0) is 12.8. The van der Waals surface area contributed by atoms with Gasteiger partial charge < -0.3 is 5.32 Å². The van der Waals surface area contributed by atoms with Crippen LogP contribution in [-0.2, 0) is 6.54 Å². The lowest BCUT2D eigenvalue weighted by Gasteiger charge is -2.14. The van der Waals surface area contributed by atoms with Gasteiger partial charge in [0.25, 0.3) is 0 Å². The lowest BCUT2D eigenvalue weighted by Crippen LogP contribution is -2.21. The Labute approximate surface area is 104 Å². The Morgan fingerprint density at radius 2 is 1.65 bits per heavy atom. The minimum Gasteiger partial charge on any atom is -0.312 e. The molecule has 0 aromatic heterocycles. The molecule has 0 radical (unpaired) electrons. The van der Waals surface area contributed by atoms with Crippen molar-refractivity contribution in [3.63, 3.8) is 0 Å². The third kappa shape index (κ3) is 4.12. The summed E-state index contributed by atoms with van der Waals surface area (Å²) in [5.74, 6) is 0.673. The highest BCUT2D eigenvalue weighted by molar-refractivity contribution is 5.30. The molecular formula is C15H24FN. The molecule has 0 saturated carbocycles. The lowest BCUT2D eigenvalue weighted by atomic mass is 10.0. The number of hydrogen-bond acceptors (Lipinski definition) is 1. The summed E-state index contributed by atoms with van der Waals surface area (Å²) in [7, 11) is 0. The monoisotopic (exact) mass is 237 g/mol. The van der Waals surface area contributed by atoms with Crippen molar-refractivity contribution in [3.8, 4) is 0 Å². The molecule has 17 heavy (non-hydrogen) atoms. The molecule has 0 atom stereocenters. The molecule has 0 fully saturated rings. The molecule has 1 N–H and O–H groups in total. The molecule has 0 aliphatic heterocycles. The fourth-order valence-corrected chi connectivity index (χ4v) is 2.14. The lowest BCUT2D eigenvalue weighted by molar-refractivity contribution is 0.449. The van der Waals surface area contributed by atoms with Crippen molar-refractivity contribution in [2.75, 3.05) is 6.54 Å². The third-order valence-electron chi connectivity index (χ3n) is 3.41. The number of benzene rings is 1. The molecular weight excluding hydrogens is 213 g/mol. The normalized spacial score (nSPS) is 11.2. The van der Waals surface area contributed by atoms with Gasteiger partial charge in [-0.2, -0.15) is 0 Å². The van der Waals surface area contributed by atoms with Gasteiger partial charge in [-0.25, -0.2) is 4.39 Å². The van der Waals surface area contributed by atoms with Crippen LogP contribution >= 0.6 is 0 Å². The second-order valence-electron chi connectivity index (χ2n) is 4.86. The Bertz CT molecular complexity index is 333. The first-order valence-corrected chi connectivity index (χ1v) is 6.54. The van der Waals surface area contributed by atoms with E-state index in [0.29, 0.717) is 0 Å². The molecule has 0 bridgehead atoms. The summed E-state index contributed by atoms with van der Waals surface area (Å²) in [5.41, 5.74) is 2.65. The fraction of sp³-hybridized carbons (Fsp3) is 0.600. The topological polar surface area (TPSA) is 12.0 Å². The molecule has 0 aliphatic rings. The van der Waals surface area contributed by atoms with Crippen LogP contribution in [0.15, 0.2) is 12.1 Å². The Hall–Kier alpha value is -0.890. The number of aryl methyl sites for hydroxylation is 2. The van der Waals surface area contributed by atoms with Crippen molar-refractivity contribution in [1.82, 2.24) is 5.32 Å². The van der Waals surface area contributed by atoms with E-state index in [0.717, 1.165) is 30.1 Å². The van der Waals surface area contributed by atoms with Gasteiger partial charge in [0.1, 0.15) is 5.82 Å². The summed E-state index contributed by atoms with van der Waals surface area (Å²) in [6, 6.07) is 3.87. The second kappa shape index (κ2) is 6.75. The maximum atomic E-state index is 13.4. The van der Waals surface area contributed by atoms with Crippen LogP contribution in [0.4, 0.5) is 4.39 Å². The second-order valence-corrected chi connectivity index (χ2v) is 4.86. The summed E-state index contributed by atoms with van der Waals surface area (Å²) in [6.45, 7) is 9.98.